The lowest BCUT2D eigenvalue weighted by atomic mass is 10.0. The van der Waals surface area contributed by atoms with Crippen LogP contribution in [0.15, 0.2) is 48.5 Å². The summed E-state index contributed by atoms with van der Waals surface area (Å²) in [4.78, 5) is 38.7. The van der Waals surface area contributed by atoms with Crippen LogP contribution in [0.1, 0.15) is 50.2 Å². The normalized spacial score (nSPS) is 14.7. The first-order valence-corrected chi connectivity index (χ1v) is 11.0. The number of nitrogens with zero attached hydrogens (tertiary/aromatic N) is 2. The number of amides is 2. The Bertz CT molecular complexity index is 958. The second kappa shape index (κ2) is 10.8. The Morgan fingerprint density at radius 3 is 2.44 bits per heavy atom. The second-order valence-electron chi connectivity index (χ2n) is 8.12. The van der Waals surface area contributed by atoms with Gasteiger partial charge < -0.3 is 10.2 Å². The molecule has 8 heteroatoms. The maximum Gasteiger partial charge on any atom is 0.273 e. The van der Waals surface area contributed by atoms with Gasteiger partial charge in [0.1, 0.15) is 11.9 Å². The van der Waals surface area contributed by atoms with Crippen LogP contribution >= 0.6 is 0 Å². The lowest BCUT2D eigenvalue weighted by molar-refractivity contribution is -0.385. The fourth-order valence-electron chi connectivity index (χ4n) is 4.18. The highest BCUT2D eigenvalue weighted by atomic mass is 19.1. The van der Waals surface area contributed by atoms with Crippen LogP contribution in [0.4, 0.5) is 10.1 Å². The van der Waals surface area contributed by atoms with Crippen molar-refractivity contribution in [3.63, 3.8) is 0 Å². The Kier molecular flexibility index (Phi) is 7.92. The molecule has 0 aliphatic heterocycles. The number of carbonyl (C=O) groups excluding carboxylic acids is 2. The number of hydrogen-bond acceptors (Lipinski definition) is 4. The van der Waals surface area contributed by atoms with Crippen molar-refractivity contribution in [2.24, 2.45) is 0 Å². The Labute approximate surface area is 186 Å². The third-order valence-corrected chi connectivity index (χ3v) is 5.88. The summed E-state index contributed by atoms with van der Waals surface area (Å²) in [6.07, 6.45) is 4.16. The van der Waals surface area contributed by atoms with Gasteiger partial charge in [-0.3, -0.25) is 19.7 Å². The molecule has 0 spiro atoms. The molecule has 1 fully saturated rings. The van der Waals surface area contributed by atoms with Gasteiger partial charge in [-0.15, -0.1) is 0 Å². The first kappa shape index (κ1) is 23.4. The van der Waals surface area contributed by atoms with Gasteiger partial charge in [-0.05, 0) is 37.0 Å². The number of para-hydroxylation sites is 1. The zero-order valence-electron chi connectivity index (χ0n) is 18.1. The highest BCUT2D eigenvalue weighted by Gasteiger charge is 2.31. The minimum Gasteiger partial charge on any atom is -0.352 e. The Morgan fingerprint density at radius 2 is 1.81 bits per heavy atom. The first-order chi connectivity index (χ1) is 15.4. The number of hydrogen-bond donors (Lipinski definition) is 1. The second-order valence-corrected chi connectivity index (χ2v) is 8.12. The molecule has 2 aromatic carbocycles. The quantitative estimate of drug-likeness (QED) is 0.468. The van der Waals surface area contributed by atoms with E-state index in [9.17, 15) is 24.1 Å². The van der Waals surface area contributed by atoms with Crippen LogP contribution in [0.25, 0.3) is 0 Å². The van der Waals surface area contributed by atoms with Crippen molar-refractivity contribution in [3.05, 3.63) is 75.6 Å². The van der Waals surface area contributed by atoms with Crippen LogP contribution in [0.2, 0.25) is 0 Å². The highest BCUT2D eigenvalue weighted by molar-refractivity contribution is 5.89. The number of nitrogens with one attached hydrogen (secondary N) is 1. The van der Waals surface area contributed by atoms with E-state index in [2.05, 4.69) is 5.32 Å². The van der Waals surface area contributed by atoms with Crippen molar-refractivity contribution in [2.45, 2.75) is 64.1 Å². The average Bonchev–Trinajstić information content (AvgIpc) is 3.28. The molecular weight excluding hydrogens is 413 g/mol. The maximum absolute atomic E-state index is 13.4. The average molecular weight is 442 g/mol. The molecule has 0 heterocycles. The van der Waals surface area contributed by atoms with Crippen molar-refractivity contribution in [1.29, 1.82) is 0 Å². The van der Waals surface area contributed by atoms with Crippen molar-refractivity contribution in [2.75, 3.05) is 0 Å². The Morgan fingerprint density at radius 1 is 1.16 bits per heavy atom. The largest absolute Gasteiger partial charge is 0.352 e. The molecule has 7 nitrogen and oxygen atoms in total. The molecule has 170 valence electrons. The molecule has 0 saturated heterocycles. The molecule has 1 unspecified atom stereocenters. The van der Waals surface area contributed by atoms with E-state index < -0.39 is 22.7 Å². The maximum atomic E-state index is 13.4. The third kappa shape index (κ3) is 5.90. The third-order valence-electron chi connectivity index (χ3n) is 5.88. The van der Waals surface area contributed by atoms with Crippen molar-refractivity contribution in [1.82, 2.24) is 10.2 Å². The van der Waals surface area contributed by atoms with Gasteiger partial charge in [-0.25, -0.2) is 4.39 Å². The summed E-state index contributed by atoms with van der Waals surface area (Å²) in [5.74, 6) is -1.01. The van der Waals surface area contributed by atoms with Crippen LogP contribution < -0.4 is 5.32 Å². The minimum atomic E-state index is -0.726. The molecule has 1 N–H and O–H groups in total. The van der Waals surface area contributed by atoms with E-state index in [0.717, 1.165) is 25.7 Å². The summed E-state index contributed by atoms with van der Waals surface area (Å²) < 4.78 is 13.4. The van der Waals surface area contributed by atoms with Gasteiger partial charge in [-0.1, -0.05) is 50.1 Å². The van der Waals surface area contributed by atoms with Crippen molar-refractivity contribution < 1.29 is 18.9 Å². The molecule has 1 aliphatic rings. The molecule has 0 aromatic heterocycles. The van der Waals surface area contributed by atoms with Crippen LogP contribution in [0, 0.1) is 15.9 Å². The van der Waals surface area contributed by atoms with E-state index in [0.29, 0.717) is 12.0 Å². The van der Waals surface area contributed by atoms with Crippen LogP contribution in [0.3, 0.4) is 0 Å². The molecule has 2 aromatic rings. The van der Waals surface area contributed by atoms with Gasteiger partial charge in [0.25, 0.3) is 5.69 Å². The minimum absolute atomic E-state index is 0.106. The zero-order chi connectivity index (χ0) is 23.1. The Balaban J connectivity index is 1.86. The number of nitro groups is 1. The lowest BCUT2D eigenvalue weighted by Gasteiger charge is -2.31. The monoisotopic (exact) mass is 441 g/mol. The summed E-state index contributed by atoms with van der Waals surface area (Å²) in [5.41, 5.74) is 0.832. The van der Waals surface area contributed by atoms with Gasteiger partial charge in [0.15, 0.2) is 0 Å². The van der Waals surface area contributed by atoms with Crippen LogP contribution in [-0.4, -0.2) is 33.7 Å². The topological polar surface area (TPSA) is 92.6 Å². The van der Waals surface area contributed by atoms with Gasteiger partial charge in [0.2, 0.25) is 11.8 Å². The van der Waals surface area contributed by atoms with Gasteiger partial charge >= 0.3 is 0 Å². The fraction of sp³-hybridized carbons (Fsp3) is 0.417. The number of nitro benzene ring substituents is 1. The van der Waals surface area contributed by atoms with Crippen LogP contribution in [0.5, 0.6) is 0 Å². The van der Waals surface area contributed by atoms with Crippen LogP contribution in [-0.2, 0) is 22.6 Å². The highest BCUT2D eigenvalue weighted by Crippen LogP contribution is 2.22. The first-order valence-electron chi connectivity index (χ1n) is 11.0. The van der Waals surface area contributed by atoms with Gasteiger partial charge in [-0.2, -0.15) is 0 Å². The molecule has 2 amide bonds. The SMILES string of the molecule is CCC(C(=O)NC1CCCC1)N(Cc1ccc(F)cc1)C(=O)Cc1ccccc1[N+](=O)[O-]. The standard InChI is InChI=1S/C24H28FN3O4/c1-2-21(24(30)26-20-8-4-5-9-20)27(16-17-11-13-19(25)14-12-17)23(29)15-18-7-3-6-10-22(18)28(31)32/h3,6-7,10-14,20-21H,2,4-5,8-9,15-16H2,1H3,(H,26,30). The van der Waals surface area contributed by atoms with Crippen molar-refractivity contribution in [3.8, 4) is 0 Å². The molecule has 32 heavy (non-hydrogen) atoms. The summed E-state index contributed by atoms with van der Waals surface area (Å²) >= 11 is 0. The summed E-state index contributed by atoms with van der Waals surface area (Å²) in [6, 6.07) is 11.2. The van der Waals surface area contributed by atoms with Gasteiger partial charge in [0.05, 0.1) is 11.3 Å². The molecule has 1 atom stereocenters. The molecule has 0 bridgehead atoms. The molecule has 3 rings (SSSR count). The van der Waals surface area contributed by atoms with E-state index in [-0.39, 0.29) is 36.2 Å². The Hall–Kier alpha value is -3.29. The van der Waals surface area contributed by atoms with E-state index in [1.807, 2.05) is 6.92 Å². The predicted octanol–water partition coefficient (Wildman–Crippen LogP) is 4.14. The van der Waals surface area contributed by atoms with E-state index >= 15 is 0 Å². The number of carbonyl (C=O) groups is 2. The summed E-state index contributed by atoms with van der Waals surface area (Å²) in [7, 11) is 0. The lowest BCUT2D eigenvalue weighted by Crippen LogP contribution is -2.51. The van der Waals surface area contributed by atoms with Gasteiger partial charge in [0, 0.05) is 24.2 Å². The summed E-state index contributed by atoms with van der Waals surface area (Å²) in [5, 5.41) is 14.4. The predicted molar refractivity (Wildman–Crippen MR) is 118 cm³/mol. The molecule has 1 saturated carbocycles. The van der Waals surface area contributed by atoms with E-state index in [4.69, 9.17) is 0 Å². The molecular formula is C24H28FN3O4. The number of halogens is 1. The van der Waals surface area contributed by atoms with Crippen molar-refractivity contribution >= 4 is 17.5 Å². The molecule has 0 radical (unpaired) electrons. The van der Waals surface area contributed by atoms with E-state index in [1.165, 1.54) is 23.1 Å². The fourth-order valence-corrected chi connectivity index (χ4v) is 4.18. The number of rotatable bonds is 9. The zero-order valence-corrected chi connectivity index (χ0v) is 18.1. The molecule has 1 aliphatic carbocycles. The summed E-state index contributed by atoms with van der Waals surface area (Å²) in [6.45, 7) is 1.94. The smallest absolute Gasteiger partial charge is 0.273 e. The number of benzene rings is 2. The van der Waals surface area contributed by atoms with E-state index in [1.54, 1.807) is 30.3 Å².